The molecule has 0 aliphatic carbocycles. The van der Waals surface area contributed by atoms with Crippen LogP contribution in [0.25, 0.3) is 16.5 Å². The van der Waals surface area contributed by atoms with E-state index >= 15 is 0 Å². The number of nitrogens with zero attached hydrogens (tertiary/aromatic N) is 3. The lowest BCUT2D eigenvalue weighted by Crippen LogP contribution is -2.29. The van der Waals surface area contributed by atoms with Crippen LogP contribution in [-0.4, -0.2) is 36.7 Å². The molecule has 0 atom stereocenters. The summed E-state index contributed by atoms with van der Waals surface area (Å²) in [4.78, 5) is 21.9. The van der Waals surface area contributed by atoms with Crippen molar-refractivity contribution >= 4 is 50.1 Å². The number of hydrogen-bond donors (Lipinski definition) is 2. The second kappa shape index (κ2) is 9.60. The second-order valence-corrected chi connectivity index (χ2v) is 10.3. The third kappa shape index (κ3) is 4.50. The molecule has 10 heteroatoms. The molecule has 0 fully saturated rings. The molecule has 0 amide bonds. The molecule has 5 rings (SSSR count). The largest absolute Gasteiger partial charge is 0.494 e. The van der Waals surface area contributed by atoms with Crippen molar-refractivity contribution < 1.29 is 13.5 Å². The number of fused-ring (bicyclic) bond motifs is 1. The fourth-order valence-electron chi connectivity index (χ4n) is 4.05. The number of halogens is 1. The third-order valence-corrected chi connectivity index (χ3v) is 7.49. The lowest BCUT2D eigenvalue weighted by atomic mass is 10.1. The van der Waals surface area contributed by atoms with Crippen molar-refractivity contribution in [3.63, 3.8) is 0 Å². The molecule has 0 bridgehead atoms. The smallest absolute Gasteiger partial charge is 0.265 e. The third-order valence-electron chi connectivity index (χ3n) is 5.79. The molecule has 0 saturated carbocycles. The Labute approximate surface area is 212 Å². The van der Waals surface area contributed by atoms with Crippen molar-refractivity contribution in [2.75, 3.05) is 6.54 Å². The van der Waals surface area contributed by atoms with E-state index in [9.17, 15) is 18.3 Å². The number of sulfonamides is 1. The van der Waals surface area contributed by atoms with Gasteiger partial charge in [0.1, 0.15) is 5.84 Å². The molecular weight excluding hydrogens is 500 g/mol. The number of aliphatic imine (C=N–C) groups is 2. The summed E-state index contributed by atoms with van der Waals surface area (Å²) in [6.45, 7) is 0.607. The number of rotatable bonds is 5. The van der Waals surface area contributed by atoms with Gasteiger partial charge in [0, 0.05) is 30.0 Å². The Morgan fingerprint density at radius 1 is 1.03 bits per heavy atom. The van der Waals surface area contributed by atoms with Crippen molar-refractivity contribution in [2.45, 2.75) is 17.7 Å². The fourth-order valence-corrected chi connectivity index (χ4v) is 5.40. The minimum absolute atomic E-state index is 0.0434. The van der Waals surface area contributed by atoms with E-state index in [1.165, 1.54) is 18.3 Å². The molecule has 0 unspecified atom stereocenters. The Balaban J connectivity index is 1.59. The lowest BCUT2D eigenvalue weighted by molar-refractivity contribution is 0.436. The van der Waals surface area contributed by atoms with Crippen LogP contribution in [0.3, 0.4) is 0 Å². The second-order valence-electron chi connectivity index (χ2n) is 8.17. The molecule has 1 aromatic heterocycles. The number of hydrogen-bond acceptors (Lipinski definition) is 6. The molecule has 1 aliphatic rings. The highest BCUT2D eigenvalue weighted by atomic mass is 35.5. The van der Waals surface area contributed by atoms with Gasteiger partial charge >= 0.3 is 0 Å². The summed E-state index contributed by atoms with van der Waals surface area (Å²) in [6, 6.07) is 19.7. The maximum Gasteiger partial charge on any atom is 0.265 e. The van der Waals surface area contributed by atoms with Crippen LogP contribution in [0.2, 0.25) is 5.02 Å². The van der Waals surface area contributed by atoms with Gasteiger partial charge in [-0.05, 0) is 42.8 Å². The quantitative estimate of drug-likeness (QED) is 0.375. The molecule has 2 heterocycles. The van der Waals surface area contributed by atoms with E-state index in [1.807, 2.05) is 0 Å². The molecule has 182 valence electrons. The number of pyridine rings is 1. The van der Waals surface area contributed by atoms with Crippen LogP contribution in [0.5, 0.6) is 5.88 Å². The van der Waals surface area contributed by atoms with Gasteiger partial charge < -0.3 is 5.11 Å². The van der Waals surface area contributed by atoms with Crippen LogP contribution in [0.4, 0.5) is 5.69 Å². The highest BCUT2D eigenvalue weighted by Gasteiger charge is 2.20. The van der Waals surface area contributed by atoms with Crippen molar-refractivity contribution in [3.8, 4) is 11.6 Å². The number of para-hydroxylation sites is 1. The van der Waals surface area contributed by atoms with Gasteiger partial charge in [-0.2, -0.15) is 0 Å². The molecule has 0 radical (unpaired) electrons. The minimum Gasteiger partial charge on any atom is -0.494 e. The first-order chi connectivity index (χ1) is 17.3. The van der Waals surface area contributed by atoms with Crippen LogP contribution >= 0.6 is 11.6 Å². The predicted molar refractivity (Wildman–Crippen MR) is 142 cm³/mol. The molecule has 8 nitrogen and oxygen atoms in total. The minimum atomic E-state index is -3.81. The van der Waals surface area contributed by atoms with Gasteiger partial charge in [0.2, 0.25) is 5.88 Å². The van der Waals surface area contributed by atoms with E-state index in [0.29, 0.717) is 46.0 Å². The molecule has 4 aromatic rings. The van der Waals surface area contributed by atoms with Crippen LogP contribution in [0.15, 0.2) is 92.5 Å². The SMILES string of the molecule is O=c1c2ccccc2c(C=Nc2cccc(S(=O)(=O)NC3=NCCC3)c2)c(O)n1-c1ccccc1Cl. The zero-order valence-corrected chi connectivity index (χ0v) is 20.5. The van der Waals surface area contributed by atoms with E-state index in [1.54, 1.807) is 60.7 Å². The van der Waals surface area contributed by atoms with Gasteiger partial charge in [-0.15, -0.1) is 0 Å². The normalized spacial score (nSPS) is 13.9. The standard InChI is InChI=1S/C26H21ClN4O4S/c27-22-11-3-4-12-23(22)31-25(32)20-10-2-1-9-19(20)21(26(31)33)16-29-17-7-5-8-18(15-17)36(34,35)30-24-13-6-14-28-24/h1-5,7-12,15-16,33H,6,13-14H2,(H,28,30). The maximum atomic E-state index is 13.2. The molecule has 36 heavy (non-hydrogen) atoms. The summed E-state index contributed by atoms with van der Waals surface area (Å²) in [7, 11) is -3.81. The van der Waals surface area contributed by atoms with Crippen LogP contribution in [0.1, 0.15) is 18.4 Å². The average molecular weight is 521 g/mol. The average Bonchev–Trinajstić information content (AvgIpc) is 3.38. The Hall–Kier alpha value is -3.95. The van der Waals surface area contributed by atoms with Gasteiger partial charge in [-0.1, -0.05) is 48.0 Å². The van der Waals surface area contributed by atoms with Gasteiger partial charge in [-0.3, -0.25) is 19.5 Å². The molecule has 2 N–H and O–H groups in total. The van der Waals surface area contributed by atoms with Gasteiger partial charge in [-0.25, -0.2) is 13.0 Å². The Morgan fingerprint density at radius 2 is 1.78 bits per heavy atom. The van der Waals surface area contributed by atoms with Crippen molar-refractivity contribution in [2.24, 2.45) is 9.98 Å². The summed E-state index contributed by atoms with van der Waals surface area (Å²) in [5.74, 6) is 0.113. The van der Waals surface area contributed by atoms with E-state index < -0.39 is 15.6 Å². The molecule has 1 aliphatic heterocycles. The first kappa shape index (κ1) is 23.8. The number of amidine groups is 1. The Bertz CT molecular complexity index is 1710. The van der Waals surface area contributed by atoms with Crippen molar-refractivity contribution in [1.29, 1.82) is 0 Å². The monoisotopic (exact) mass is 520 g/mol. The summed E-state index contributed by atoms with van der Waals surface area (Å²) in [5.41, 5.74) is 0.542. The number of benzene rings is 3. The lowest BCUT2D eigenvalue weighted by Gasteiger charge is -2.14. The number of aromatic hydroxyl groups is 1. The van der Waals surface area contributed by atoms with E-state index in [-0.39, 0.29) is 16.3 Å². The van der Waals surface area contributed by atoms with Crippen molar-refractivity contribution in [1.82, 2.24) is 9.29 Å². The Kier molecular flexibility index (Phi) is 6.34. The predicted octanol–water partition coefficient (Wildman–Crippen LogP) is 4.57. The summed E-state index contributed by atoms with van der Waals surface area (Å²) < 4.78 is 29.2. The van der Waals surface area contributed by atoms with Crippen LogP contribution < -0.4 is 10.3 Å². The zero-order chi connectivity index (χ0) is 25.3. The first-order valence-electron chi connectivity index (χ1n) is 11.2. The van der Waals surface area contributed by atoms with Gasteiger partial charge in [0.05, 0.1) is 26.9 Å². The molecular formula is C26H21ClN4O4S. The van der Waals surface area contributed by atoms with E-state index in [0.717, 1.165) is 11.0 Å². The van der Waals surface area contributed by atoms with E-state index in [4.69, 9.17) is 11.6 Å². The Morgan fingerprint density at radius 3 is 2.53 bits per heavy atom. The highest BCUT2D eigenvalue weighted by Crippen LogP contribution is 2.29. The van der Waals surface area contributed by atoms with Crippen LogP contribution in [0, 0.1) is 0 Å². The summed E-state index contributed by atoms with van der Waals surface area (Å²) in [6.07, 6.45) is 2.81. The molecule has 3 aromatic carbocycles. The number of nitrogens with one attached hydrogen (secondary N) is 1. The molecule has 0 spiro atoms. The zero-order valence-electron chi connectivity index (χ0n) is 18.9. The summed E-state index contributed by atoms with van der Waals surface area (Å²) >= 11 is 6.32. The maximum absolute atomic E-state index is 13.2. The van der Waals surface area contributed by atoms with E-state index in [2.05, 4.69) is 14.7 Å². The topological polar surface area (TPSA) is 113 Å². The van der Waals surface area contributed by atoms with Gasteiger partial charge in [0.25, 0.3) is 15.6 Å². The first-order valence-corrected chi connectivity index (χ1v) is 13.0. The fraction of sp³-hybridized carbons (Fsp3) is 0.115. The van der Waals surface area contributed by atoms with Crippen LogP contribution in [-0.2, 0) is 10.0 Å². The number of aromatic nitrogens is 1. The van der Waals surface area contributed by atoms with Crippen molar-refractivity contribution in [3.05, 3.63) is 93.7 Å². The molecule has 0 saturated heterocycles. The highest BCUT2D eigenvalue weighted by molar-refractivity contribution is 7.90. The summed E-state index contributed by atoms with van der Waals surface area (Å²) in [5, 5.41) is 12.3. The van der Waals surface area contributed by atoms with Gasteiger partial charge in [0.15, 0.2) is 0 Å².